The lowest BCUT2D eigenvalue weighted by atomic mass is 9.93. The van der Waals surface area contributed by atoms with Crippen molar-refractivity contribution in [2.24, 2.45) is 0 Å². The standard InChI is InChI=1S/C41H42N2O4S/c1-7-23-42(40-27(3)13-11-14-28(40)4)31-19-21-33-36(25-31)47-37-26-32(43(24-8-2)41-29(5)15-12-16-30(41)6)20-22-34(37)39(33)35-17-9-10-18-38(35)48(44,45)46/h9-21,25-26H,7-8,23-24H2,1-6H3,(H,44,45,46). The lowest BCUT2D eigenvalue weighted by Crippen LogP contribution is -2.27. The van der Waals surface area contributed by atoms with Gasteiger partial charge in [-0.1, -0.05) is 91.7 Å². The first-order valence-electron chi connectivity index (χ1n) is 16.5. The van der Waals surface area contributed by atoms with Crippen LogP contribution in [0, 0.1) is 33.8 Å². The third kappa shape index (κ3) is 6.16. The highest BCUT2D eigenvalue weighted by Crippen LogP contribution is 2.43. The van der Waals surface area contributed by atoms with Crippen molar-refractivity contribution in [3.05, 3.63) is 125 Å². The fourth-order valence-electron chi connectivity index (χ4n) is 6.95. The van der Waals surface area contributed by atoms with Gasteiger partial charge in [-0.25, -0.2) is 4.58 Å². The zero-order chi connectivity index (χ0) is 34.2. The predicted octanol–water partition coefficient (Wildman–Crippen LogP) is 9.55. The maximum Gasteiger partial charge on any atom is 0.294 e. The van der Waals surface area contributed by atoms with Crippen LogP contribution < -0.4 is 14.8 Å². The van der Waals surface area contributed by atoms with E-state index in [2.05, 4.69) is 99.5 Å². The van der Waals surface area contributed by atoms with Gasteiger partial charge in [0.05, 0.1) is 4.90 Å². The van der Waals surface area contributed by atoms with Gasteiger partial charge in [0.25, 0.3) is 10.1 Å². The summed E-state index contributed by atoms with van der Waals surface area (Å²) in [6.45, 7) is 14.4. The second-order valence-electron chi connectivity index (χ2n) is 12.5. The molecule has 1 aliphatic carbocycles. The minimum absolute atomic E-state index is 0.161. The molecular formula is C41H42N2O4S. The average molecular weight is 659 g/mol. The molecule has 0 bridgehead atoms. The molecule has 0 amide bonds. The van der Waals surface area contributed by atoms with Gasteiger partial charge < -0.3 is 9.32 Å². The topological polar surface area (TPSA) is 73.8 Å². The molecule has 0 unspecified atom stereocenters. The fourth-order valence-corrected chi connectivity index (χ4v) is 7.65. The summed E-state index contributed by atoms with van der Waals surface area (Å²) in [4.78, 5) is 2.16. The van der Waals surface area contributed by atoms with Crippen molar-refractivity contribution in [3.8, 4) is 22.5 Å². The molecule has 48 heavy (non-hydrogen) atoms. The molecule has 0 saturated carbocycles. The first-order chi connectivity index (χ1) is 23.0. The summed E-state index contributed by atoms with van der Waals surface area (Å²) < 4.78 is 44.7. The SMILES string of the molecule is CCCN(c1ccc2c(-c3ccccc3S(=O)(=O)O)c3[c-]cc(=[N+](CCC)c4c(C)cccc4C)cc-3oc2c1)c1c(C)cccc1C. The number of hydrogen-bond donors (Lipinski definition) is 1. The van der Waals surface area contributed by atoms with Gasteiger partial charge in [-0.2, -0.15) is 8.42 Å². The zero-order valence-electron chi connectivity index (χ0n) is 28.5. The summed E-state index contributed by atoms with van der Waals surface area (Å²) in [6, 6.07) is 32.7. The van der Waals surface area contributed by atoms with E-state index in [1.807, 2.05) is 24.3 Å². The van der Waals surface area contributed by atoms with E-state index in [4.69, 9.17) is 4.42 Å². The van der Waals surface area contributed by atoms with Gasteiger partial charge >= 0.3 is 0 Å². The first-order valence-corrected chi connectivity index (χ1v) is 18.0. The summed E-state index contributed by atoms with van der Waals surface area (Å²) in [5, 5.41) is 1.66. The fraction of sp³-hybridized carbons (Fsp3) is 0.244. The van der Waals surface area contributed by atoms with Crippen LogP contribution in [0.4, 0.5) is 17.1 Å². The molecule has 6 rings (SSSR count). The predicted molar refractivity (Wildman–Crippen MR) is 196 cm³/mol. The van der Waals surface area contributed by atoms with Crippen molar-refractivity contribution in [2.75, 3.05) is 18.0 Å². The van der Waals surface area contributed by atoms with Crippen LogP contribution in [0.2, 0.25) is 0 Å². The van der Waals surface area contributed by atoms with Gasteiger partial charge in [-0.05, 0) is 74.4 Å². The Bertz CT molecular complexity index is 2260. The molecule has 0 aromatic heterocycles. The van der Waals surface area contributed by atoms with E-state index < -0.39 is 10.1 Å². The third-order valence-electron chi connectivity index (χ3n) is 8.97. The second kappa shape index (κ2) is 13.4. The molecule has 4 aromatic rings. The Labute approximate surface area is 283 Å². The van der Waals surface area contributed by atoms with Gasteiger partial charge in [-0.3, -0.25) is 4.55 Å². The van der Waals surface area contributed by atoms with Gasteiger partial charge in [0, 0.05) is 47.3 Å². The summed E-state index contributed by atoms with van der Waals surface area (Å²) in [5.74, 6) is 0.568. The Balaban J connectivity index is 1.72. The van der Waals surface area contributed by atoms with E-state index >= 15 is 0 Å². The van der Waals surface area contributed by atoms with E-state index in [1.54, 1.807) is 18.2 Å². The number of hydrogen-bond acceptors (Lipinski definition) is 4. The van der Waals surface area contributed by atoms with Crippen LogP contribution in [0.15, 0.2) is 100 Å². The van der Waals surface area contributed by atoms with Crippen LogP contribution in [0.1, 0.15) is 48.9 Å². The summed E-state index contributed by atoms with van der Waals surface area (Å²) in [7, 11) is -4.53. The quantitative estimate of drug-likeness (QED) is 0.0725. The molecule has 0 atom stereocenters. The molecule has 0 spiro atoms. The number of benzene rings is 5. The molecule has 246 valence electrons. The van der Waals surface area contributed by atoms with E-state index in [9.17, 15) is 13.0 Å². The molecule has 1 heterocycles. The molecule has 0 fully saturated rings. The lowest BCUT2D eigenvalue weighted by molar-refractivity contribution is 0.483. The van der Waals surface area contributed by atoms with Gasteiger partial charge in [0.1, 0.15) is 17.5 Å². The Morgan fingerprint density at radius 3 is 2.12 bits per heavy atom. The molecule has 7 heteroatoms. The highest BCUT2D eigenvalue weighted by molar-refractivity contribution is 7.86. The zero-order valence-corrected chi connectivity index (χ0v) is 29.3. The molecule has 1 aliphatic heterocycles. The second-order valence-corrected chi connectivity index (χ2v) is 13.9. The van der Waals surface area contributed by atoms with E-state index in [1.165, 1.54) is 28.3 Å². The number of anilines is 2. The van der Waals surface area contributed by atoms with Crippen LogP contribution >= 0.6 is 0 Å². The van der Waals surface area contributed by atoms with Crippen molar-refractivity contribution >= 4 is 38.1 Å². The smallest absolute Gasteiger partial charge is 0.294 e. The largest absolute Gasteiger partial charge is 0.502 e. The van der Waals surface area contributed by atoms with Crippen LogP contribution in [-0.2, 0) is 10.1 Å². The van der Waals surface area contributed by atoms with Crippen LogP contribution in [0.5, 0.6) is 0 Å². The Morgan fingerprint density at radius 1 is 0.812 bits per heavy atom. The van der Waals surface area contributed by atoms with Crippen molar-refractivity contribution in [1.29, 1.82) is 0 Å². The van der Waals surface area contributed by atoms with Crippen molar-refractivity contribution in [1.82, 2.24) is 4.58 Å². The van der Waals surface area contributed by atoms with Gasteiger partial charge in [0.2, 0.25) is 5.69 Å². The maximum absolute atomic E-state index is 12.7. The maximum atomic E-state index is 12.7. The molecular weight excluding hydrogens is 617 g/mol. The lowest BCUT2D eigenvalue weighted by Gasteiger charge is -2.29. The number of fused-ring (bicyclic) bond motifs is 2. The van der Waals surface area contributed by atoms with Crippen LogP contribution in [0.25, 0.3) is 33.4 Å². The van der Waals surface area contributed by atoms with E-state index in [0.717, 1.165) is 53.7 Å². The highest BCUT2D eigenvalue weighted by atomic mass is 32.2. The number of nitrogens with zero attached hydrogens (tertiary/aromatic N) is 2. The van der Waals surface area contributed by atoms with Gasteiger partial charge in [-0.15, -0.1) is 6.07 Å². The van der Waals surface area contributed by atoms with Gasteiger partial charge in [0.15, 0.2) is 0 Å². The minimum Gasteiger partial charge on any atom is -0.502 e. The molecule has 0 radical (unpaired) electrons. The molecule has 2 aliphatic rings. The Kier molecular flexibility index (Phi) is 9.28. The number of rotatable bonds is 9. The monoisotopic (exact) mass is 658 g/mol. The molecule has 6 nitrogen and oxygen atoms in total. The van der Waals surface area contributed by atoms with Crippen molar-refractivity contribution < 1.29 is 17.4 Å². The van der Waals surface area contributed by atoms with Crippen molar-refractivity contribution in [2.45, 2.75) is 59.3 Å². The third-order valence-corrected chi connectivity index (χ3v) is 9.88. The minimum atomic E-state index is -4.53. The van der Waals surface area contributed by atoms with E-state index in [-0.39, 0.29) is 4.90 Å². The number of para-hydroxylation sites is 2. The van der Waals surface area contributed by atoms with Crippen LogP contribution in [0.3, 0.4) is 0 Å². The number of aryl methyl sites for hydroxylation is 4. The molecule has 0 saturated heterocycles. The highest BCUT2D eigenvalue weighted by Gasteiger charge is 2.22. The summed E-state index contributed by atoms with van der Waals surface area (Å²) in [5.41, 5.74) is 10.3. The molecule has 1 N–H and O–H groups in total. The average Bonchev–Trinajstić information content (AvgIpc) is 3.05. The molecule has 4 aromatic carbocycles. The van der Waals surface area contributed by atoms with Crippen molar-refractivity contribution in [3.63, 3.8) is 0 Å². The normalized spacial score (nSPS) is 12.5. The van der Waals surface area contributed by atoms with Crippen LogP contribution in [-0.4, -0.2) is 26.1 Å². The Hall–Kier alpha value is -4.72. The van der Waals surface area contributed by atoms with E-state index in [0.29, 0.717) is 28.0 Å². The first kappa shape index (κ1) is 33.2. The summed E-state index contributed by atoms with van der Waals surface area (Å²) in [6.07, 6.45) is 1.88. The summed E-state index contributed by atoms with van der Waals surface area (Å²) >= 11 is 0. The Morgan fingerprint density at radius 2 is 1.48 bits per heavy atom.